The van der Waals surface area contributed by atoms with Crippen molar-refractivity contribution in [2.24, 2.45) is 5.92 Å². The first-order valence-corrected chi connectivity index (χ1v) is 13.2. The van der Waals surface area contributed by atoms with Gasteiger partial charge in [-0.05, 0) is 29.3 Å². The first kappa shape index (κ1) is 28.5. The number of anilines is 1. The molecule has 0 unspecified atom stereocenters. The van der Waals surface area contributed by atoms with Gasteiger partial charge in [-0.3, -0.25) is 4.79 Å². The van der Waals surface area contributed by atoms with Crippen molar-refractivity contribution in [2.45, 2.75) is 27.1 Å². The number of hydrogen-bond acceptors (Lipinski definition) is 6. The number of aromatic nitrogens is 1. The van der Waals surface area contributed by atoms with Gasteiger partial charge >= 0.3 is 5.97 Å². The van der Waals surface area contributed by atoms with Crippen LogP contribution < -0.4 is 14.4 Å². The Balaban J connectivity index is 0.00000181. The Kier molecular flexibility index (Phi) is 9.67. The van der Waals surface area contributed by atoms with Crippen LogP contribution in [0.15, 0.2) is 84.9 Å². The molecule has 1 aromatic heterocycles. The van der Waals surface area contributed by atoms with Crippen molar-refractivity contribution >= 4 is 11.7 Å². The van der Waals surface area contributed by atoms with Crippen LogP contribution in [0.5, 0.6) is 11.8 Å². The minimum atomic E-state index is -0.758. The number of carbonyl (C=O) groups is 1. The van der Waals surface area contributed by atoms with E-state index >= 15 is 8.78 Å². The Morgan fingerprint density at radius 2 is 1.40 bits per heavy atom. The highest BCUT2D eigenvalue weighted by Gasteiger charge is 2.34. The SMILES string of the molecule is CC.COC(=O)C1CN(c2cc(F)c(-c3ccc(OCc4ccccc4)nc3OCc3ccccc3)c(F)c2)C1. The molecule has 2 heterocycles. The Hall–Kier alpha value is -4.46. The smallest absolute Gasteiger partial charge is 0.312 e. The molecule has 0 radical (unpaired) electrons. The highest BCUT2D eigenvalue weighted by molar-refractivity contribution is 5.77. The second-order valence-corrected chi connectivity index (χ2v) is 8.96. The molecule has 5 rings (SSSR count). The number of carbonyl (C=O) groups excluding carboxylic acids is 1. The van der Waals surface area contributed by atoms with Gasteiger partial charge in [-0.1, -0.05) is 74.5 Å². The van der Waals surface area contributed by atoms with Crippen molar-refractivity contribution < 1.29 is 27.8 Å². The highest BCUT2D eigenvalue weighted by atomic mass is 19.1. The molecule has 0 aliphatic carbocycles. The van der Waals surface area contributed by atoms with Crippen LogP contribution in [0, 0.1) is 17.6 Å². The third kappa shape index (κ3) is 6.75. The number of ether oxygens (including phenoxy) is 3. The summed E-state index contributed by atoms with van der Waals surface area (Å²) >= 11 is 0. The fourth-order valence-corrected chi connectivity index (χ4v) is 4.27. The third-order valence-electron chi connectivity index (χ3n) is 6.36. The summed E-state index contributed by atoms with van der Waals surface area (Å²) in [4.78, 5) is 17.8. The van der Waals surface area contributed by atoms with E-state index in [1.54, 1.807) is 17.0 Å². The van der Waals surface area contributed by atoms with E-state index in [1.165, 1.54) is 19.2 Å². The Labute approximate surface area is 233 Å². The molecule has 1 fully saturated rings. The standard InChI is InChI=1S/C30H26F2N2O4.C2H6/c1-36-30(35)22-16-34(17-22)23-14-25(31)28(26(32)15-23)24-12-13-27(37-18-20-8-4-2-5-9-20)33-29(24)38-19-21-10-6-3-7-11-21;1-2/h2-15,22H,16-19H2,1H3;1-2H3. The molecule has 6 nitrogen and oxygen atoms in total. The molecule has 4 aromatic rings. The Morgan fingerprint density at radius 1 is 0.850 bits per heavy atom. The van der Waals surface area contributed by atoms with E-state index in [9.17, 15) is 4.79 Å². The lowest BCUT2D eigenvalue weighted by atomic mass is 9.98. The van der Waals surface area contributed by atoms with E-state index in [0.717, 1.165) is 11.1 Å². The van der Waals surface area contributed by atoms with E-state index in [1.807, 2.05) is 74.5 Å². The van der Waals surface area contributed by atoms with Crippen LogP contribution in [0.4, 0.5) is 14.5 Å². The molecular formula is C32H32F2N2O4. The summed E-state index contributed by atoms with van der Waals surface area (Å²) in [6.45, 7) is 5.12. The molecule has 0 bridgehead atoms. The average Bonchev–Trinajstić information content (AvgIpc) is 2.96. The van der Waals surface area contributed by atoms with Crippen molar-refractivity contribution in [1.82, 2.24) is 4.98 Å². The number of benzene rings is 3. The molecule has 0 N–H and O–H groups in total. The van der Waals surface area contributed by atoms with Gasteiger partial charge in [0.05, 0.1) is 24.2 Å². The van der Waals surface area contributed by atoms with E-state index in [0.29, 0.717) is 18.8 Å². The summed E-state index contributed by atoms with van der Waals surface area (Å²) < 4.78 is 47.3. The number of pyridine rings is 1. The van der Waals surface area contributed by atoms with Crippen LogP contribution >= 0.6 is 0 Å². The first-order valence-electron chi connectivity index (χ1n) is 13.2. The second-order valence-electron chi connectivity index (χ2n) is 8.96. The lowest BCUT2D eigenvalue weighted by molar-refractivity contribution is -0.146. The lowest BCUT2D eigenvalue weighted by Gasteiger charge is -2.39. The van der Waals surface area contributed by atoms with Gasteiger partial charge in [0.1, 0.15) is 24.8 Å². The van der Waals surface area contributed by atoms with E-state index in [4.69, 9.17) is 14.2 Å². The maximum absolute atomic E-state index is 15.4. The summed E-state index contributed by atoms with van der Waals surface area (Å²) in [6, 6.07) is 24.7. The monoisotopic (exact) mass is 546 g/mol. The number of halogens is 2. The third-order valence-corrected chi connectivity index (χ3v) is 6.36. The second kappa shape index (κ2) is 13.6. The van der Waals surface area contributed by atoms with Crippen molar-refractivity contribution in [3.63, 3.8) is 0 Å². The topological polar surface area (TPSA) is 60.9 Å². The fourth-order valence-electron chi connectivity index (χ4n) is 4.27. The molecule has 40 heavy (non-hydrogen) atoms. The minimum Gasteiger partial charge on any atom is -0.473 e. The Bertz CT molecular complexity index is 1390. The minimum absolute atomic E-state index is 0.0553. The van der Waals surface area contributed by atoms with Crippen LogP contribution in [0.2, 0.25) is 0 Å². The van der Waals surface area contributed by atoms with Crippen molar-refractivity contribution in [2.75, 3.05) is 25.1 Å². The largest absolute Gasteiger partial charge is 0.473 e. The molecule has 1 saturated heterocycles. The molecule has 3 aromatic carbocycles. The van der Waals surface area contributed by atoms with Crippen LogP contribution in [-0.4, -0.2) is 31.2 Å². The summed E-state index contributed by atoms with van der Waals surface area (Å²) in [5.41, 5.74) is 2.12. The molecule has 1 aliphatic rings. The van der Waals surface area contributed by atoms with E-state index < -0.39 is 11.6 Å². The maximum Gasteiger partial charge on any atom is 0.312 e. The zero-order valence-corrected chi connectivity index (χ0v) is 22.8. The summed E-state index contributed by atoms with van der Waals surface area (Å²) in [6.07, 6.45) is 0. The van der Waals surface area contributed by atoms with Gasteiger partial charge in [0.25, 0.3) is 0 Å². The van der Waals surface area contributed by atoms with E-state index in [-0.39, 0.29) is 48.0 Å². The quantitative estimate of drug-likeness (QED) is 0.215. The number of hydrogen-bond donors (Lipinski definition) is 0. The van der Waals surface area contributed by atoms with Gasteiger partial charge in [-0.15, -0.1) is 0 Å². The summed E-state index contributed by atoms with van der Waals surface area (Å²) in [7, 11) is 1.32. The predicted octanol–water partition coefficient (Wildman–Crippen LogP) is 6.82. The first-order chi connectivity index (χ1) is 19.5. The number of nitrogens with zero attached hydrogens (tertiary/aromatic N) is 2. The molecular weight excluding hydrogens is 514 g/mol. The molecule has 1 aliphatic heterocycles. The van der Waals surface area contributed by atoms with Crippen molar-refractivity contribution in [3.05, 3.63) is 108 Å². The van der Waals surface area contributed by atoms with Gasteiger partial charge in [0.2, 0.25) is 11.8 Å². The molecule has 0 spiro atoms. The molecule has 8 heteroatoms. The zero-order chi connectivity index (χ0) is 28.5. The normalized spacial score (nSPS) is 12.6. The average molecular weight is 547 g/mol. The predicted molar refractivity (Wildman–Crippen MR) is 150 cm³/mol. The van der Waals surface area contributed by atoms with Crippen molar-refractivity contribution in [1.29, 1.82) is 0 Å². The van der Waals surface area contributed by atoms with Crippen molar-refractivity contribution in [3.8, 4) is 22.9 Å². The lowest BCUT2D eigenvalue weighted by Crippen LogP contribution is -2.50. The number of rotatable bonds is 9. The van der Waals surface area contributed by atoms with Crippen LogP contribution in [0.25, 0.3) is 11.1 Å². The van der Waals surface area contributed by atoms with Crippen LogP contribution in [-0.2, 0) is 22.7 Å². The number of esters is 1. The molecule has 208 valence electrons. The number of methoxy groups -OCH3 is 1. The van der Waals surface area contributed by atoms with Crippen LogP contribution in [0.1, 0.15) is 25.0 Å². The highest BCUT2D eigenvalue weighted by Crippen LogP contribution is 2.38. The fraction of sp³-hybridized carbons (Fsp3) is 0.250. The molecule has 0 atom stereocenters. The van der Waals surface area contributed by atoms with Gasteiger partial charge in [0.15, 0.2) is 0 Å². The maximum atomic E-state index is 15.4. The summed E-state index contributed by atoms with van der Waals surface area (Å²) in [5, 5.41) is 0. The summed E-state index contributed by atoms with van der Waals surface area (Å²) in [5.74, 6) is -1.83. The van der Waals surface area contributed by atoms with Gasteiger partial charge < -0.3 is 19.1 Å². The molecule has 0 saturated carbocycles. The zero-order valence-electron chi connectivity index (χ0n) is 22.8. The van der Waals surface area contributed by atoms with Crippen LogP contribution in [0.3, 0.4) is 0 Å². The van der Waals surface area contributed by atoms with Gasteiger partial charge in [-0.25, -0.2) is 8.78 Å². The Morgan fingerprint density at radius 3 is 1.95 bits per heavy atom. The van der Waals surface area contributed by atoms with E-state index in [2.05, 4.69) is 4.98 Å². The molecule has 0 amide bonds. The van der Waals surface area contributed by atoms with Gasteiger partial charge in [-0.2, -0.15) is 4.98 Å². The van der Waals surface area contributed by atoms with Gasteiger partial charge in [0, 0.05) is 24.8 Å².